The maximum absolute atomic E-state index is 14.9. The van der Waals surface area contributed by atoms with Crippen molar-refractivity contribution in [3.8, 4) is 17.2 Å². The number of alkyl carbamates (subject to hydrolysis) is 1. The number of anilines is 1. The number of amides is 2. The lowest BCUT2D eigenvalue weighted by atomic mass is 9.69. The summed E-state index contributed by atoms with van der Waals surface area (Å²) in [5, 5.41) is 12.8. The zero-order chi connectivity index (χ0) is 42.7. The third-order valence-electron chi connectivity index (χ3n) is 12.9. The van der Waals surface area contributed by atoms with Gasteiger partial charge in [0, 0.05) is 49.7 Å². The fourth-order valence-corrected chi connectivity index (χ4v) is 11.0. The molecule has 61 heavy (non-hydrogen) atoms. The van der Waals surface area contributed by atoms with Crippen molar-refractivity contribution in [2.24, 2.45) is 11.8 Å². The molecule has 0 aromatic heterocycles. The molecule has 4 aromatic rings. The number of halogens is 1. The highest BCUT2D eigenvalue weighted by atomic mass is 35.5. The number of carbonyl (C=O) groups excluding carboxylic acids is 1. The zero-order valence-electron chi connectivity index (χ0n) is 34.6. The van der Waals surface area contributed by atoms with Gasteiger partial charge in [-0.3, -0.25) is 0 Å². The van der Waals surface area contributed by atoms with Crippen molar-refractivity contribution in [1.29, 1.82) is 0 Å². The van der Waals surface area contributed by atoms with Crippen LogP contribution >= 0.6 is 11.6 Å². The number of sulfonamides is 1. The van der Waals surface area contributed by atoms with Gasteiger partial charge in [0.25, 0.3) is 0 Å². The van der Waals surface area contributed by atoms with Crippen LogP contribution in [0.2, 0.25) is 5.02 Å². The van der Waals surface area contributed by atoms with Crippen LogP contribution < -0.4 is 24.4 Å². The molecule has 1 spiro atoms. The smallest absolute Gasteiger partial charge is 0.407 e. The summed E-state index contributed by atoms with van der Waals surface area (Å²) in [5.41, 5.74) is 4.38. The monoisotopic (exact) mass is 872 g/mol. The van der Waals surface area contributed by atoms with E-state index in [0.717, 1.165) is 43.2 Å². The van der Waals surface area contributed by atoms with Crippen LogP contribution in [0.5, 0.6) is 17.2 Å². The van der Waals surface area contributed by atoms with Gasteiger partial charge in [0.1, 0.15) is 17.2 Å². The molecular weight excluding hydrogens is 820 g/mol. The first-order valence-electron chi connectivity index (χ1n) is 20.9. The number of ether oxygens (including phenoxy) is 4. The summed E-state index contributed by atoms with van der Waals surface area (Å²) >= 11 is 6.50. The van der Waals surface area contributed by atoms with E-state index in [1.807, 2.05) is 54.6 Å². The molecule has 324 valence electrons. The Labute approximate surface area is 362 Å². The van der Waals surface area contributed by atoms with Gasteiger partial charge in [0.05, 0.1) is 44.1 Å². The number of benzene rings is 4. The Morgan fingerprint density at radius 2 is 1.61 bits per heavy atom. The average molecular weight is 873 g/mol. The van der Waals surface area contributed by atoms with Gasteiger partial charge in [-0.05, 0) is 127 Å². The summed E-state index contributed by atoms with van der Waals surface area (Å²) in [4.78, 5) is 27.9. The number of hydrogen-bond acceptors (Lipinski definition) is 9. The Morgan fingerprint density at radius 3 is 2.23 bits per heavy atom. The number of methoxy groups -OCH3 is 2. The zero-order valence-corrected chi connectivity index (χ0v) is 36.1. The van der Waals surface area contributed by atoms with Crippen LogP contribution in [0.1, 0.15) is 54.4 Å². The average Bonchev–Trinajstić information content (AvgIpc) is 3.67. The molecule has 2 fully saturated rings. The fraction of sp³-hybridized carbons (Fsp3) is 0.435. The standard InChI is InChI=1S/C46H53ClN4O9S/c1-57-38-12-5-31(6-13-38)24-51(25-32-7-14-39(58-2)15-8-32)61(55,56)40-16-18-43-42(23-40)50(29-46(30-60-43)20-3-4-33-22-36(47)11-17-41(33)46)26-34-9-10-35(34)28-59-44(52)48-37-19-21-49(27-37)45(53)54/h5-8,11-18,22-23,34-35,37H,3-4,9-10,19-21,24-30H2,1-2H3,(H,48,52)(H,53,54)/t34-,35-,37+,46-/m0/s1. The normalized spacial score (nSPS) is 22.1. The van der Waals surface area contributed by atoms with E-state index in [1.54, 1.807) is 32.4 Å². The molecule has 2 heterocycles. The Morgan fingerprint density at radius 1 is 0.918 bits per heavy atom. The minimum atomic E-state index is -4.08. The Hall–Kier alpha value is -5.18. The number of aryl methyl sites for hydroxylation is 1. The fourth-order valence-electron chi connectivity index (χ4n) is 9.32. The third kappa shape index (κ3) is 9.36. The molecule has 1 saturated heterocycles. The summed E-state index contributed by atoms with van der Waals surface area (Å²) in [5.74, 6) is 2.25. The number of hydrogen-bond donors (Lipinski definition) is 2. The Bertz CT molecular complexity index is 2280. The van der Waals surface area contributed by atoms with Gasteiger partial charge in [0.15, 0.2) is 0 Å². The summed E-state index contributed by atoms with van der Waals surface area (Å²) in [6.07, 6.45) is 3.59. The van der Waals surface area contributed by atoms with E-state index in [0.29, 0.717) is 60.6 Å². The first-order valence-corrected chi connectivity index (χ1v) is 22.7. The largest absolute Gasteiger partial charge is 0.497 e. The summed E-state index contributed by atoms with van der Waals surface area (Å²) in [6.45, 7) is 2.75. The molecular formula is C46H53ClN4O9S. The van der Waals surface area contributed by atoms with E-state index in [1.165, 1.54) is 20.3 Å². The molecule has 2 aliphatic carbocycles. The molecule has 2 N–H and O–H groups in total. The predicted molar refractivity (Wildman–Crippen MR) is 231 cm³/mol. The van der Waals surface area contributed by atoms with Gasteiger partial charge in [-0.1, -0.05) is 41.9 Å². The second-order valence-corrected chi connectivity index (χ2v) is 19.1. The number of nitrogens with zero attached hydrogens (tertiary/aromatic N) is 3. The third-order valence-corrected chi connectivity index (χ3v) is 14.9. The van der Waals surface area contributed by atoms with Crippen LogP contribution in [-0.2, 0) is 39.7 Å². The molecule has 0 radical (unpaired) electrons. The molecule has 15 heteroatoms. The van der Waals surface area contributed by atoms with Crippen molar-refractivity contribution in [1.82, 2.24) is 14.5 Å². The minimum Gasteiger partial charge on any atom is -0.497 e. The molecule has 2 aliphatic heterocycles. The number of likely N-dealkylation sites (tertiary alicyclic amines) is 1. The second-order valence-electron chi connectivity index (χ2n) is 16.8. The summed E-state index contributed by atoms with van der Waals surface area (Å²) < 4.78 is 54.6. The van der Waals surface area contributed by atoms with Crippen LogP contribution in [0.25, 0.3) is 0 Å². The molecule has 0 bridgehead atoms. The van der Waals surface area contributed by atoms with E-state index < -0.39 is 22.2 Å². The maximum Gasteiger partial charge on any atom is 0.407 e. The SMILES string of the molecule is COc1ccc(CN(Cc2ccc(OC)cc2)S(=O)(=O)c2ccc3c(c2)N(C[C@@H]2CC[C@H]2COC(=O)N[C@@H]2CCN(C(=O)O)C2)C[C@@]2(CCCc4cc(Cl)ccc42)CO3)cc1. The molecule has 13 nitrogen and oxygen atoms in total. The number of carboxylic acid groups (broad SMARTS) is 1. The lowest BCUT2D eigenvalue weighted by Crippen LogP contribution is -2.49. The van der Waals surface area contributed by atoms with E-state index in [9.17, 15) is 23.1 Å². The van der Waals surface area contributed by atoms with Crippen molar-refractivity contribution in [3.63, 3.8) is 0 Å². The molecule has 4 atom stereocenters. The molecule has 4 aromatic carbocycles. The molecule has 2 amide bonds. The highest BCUT2D eigenvalue weighted by Crippen LogP contribution is 2.47. The van der Waals surface area contributed by atoms with E-state index >= 15 is 0 Å². The van der Waals surface area contributed by atoms with E-state index in [-0.39, 0.29) is 54.4 Å². The molecule has 8 rings (SSSR count). The van der Waals surface area contributed by atoms with Crippen LogP contribution in [0.3, 0.4) is 0 Å². The second kappa shape index (κ2) is 18.0. The van der Waals surface area contributed by atoms with Gasteiger partial charge >= 0.3 is 12.2 Å². The van der Waals surface area contributed by atoms with Gasteiger partial charge in [-0.15, -0.1) is 0 Å². The van der Waals surface area contributed by atoms with Gasteiger partial charge in [-0.2, -0.15) is 4.31 Å². The van der Waals surface area contributed by atoms with Gasteiger partial charge < -0.3 is 39.2 Å². The highest BCUT2D eigenvalue weighted by molar-refractivity contribution is 7.89. The maximum atomic E-state index is 14.9. The molecule has 4 aliphatic rings. The first-order chi connectivity index (χ1) is 29.4. The van der Waals surface area contributed by atoms with Crippen molar-refractivity contribution >= 4 is 39.5 Å². The number of fused-ring (bicyclic) bond motifs is 3. The van der Waals surface area contributed by atoms with Crippen molar-refractivity contribution < 1.29 is 42.1 Å². The molecule has 0 unspecified atom stereocenters. The lowest BCUT2D eigenvalue weighted by Gasteiger charge is -2.44. The topological polar surface area (TPSA) is 147 Å². The summed E-state index contributed by atoms with van der Waals surface area (Å²) in [6, 6.07) is 25.9. The number of nitrogens with one attached hydrogen (secondary N) is 1. The minimum absolute atomic E-state index is 0.0993. The van der Waals surface area contributed by atoms with Crippen LogP contribution in [0.4, 0.5) is 15.3 Å². The Balaban J connectivity index is 1.08. The van der Waals surface area contributed by atoms with Crippen molar-refractivity contribution in [2.75, 3.05) is 58.5 Å². The van der Waals surface area contributed by atoms with Crippen molar-refractivity contribution in [3.05, 3.63) is 112 Å². The van der Waals surface area contributed by atoms with Crippen LogP contribution in [0, 0.1) is 11.8 Å². The van der Waals surface area contributed by atoms with Crippen LogP contribution in [0.15, 0.2) is 89.8 Å². The van der Waals surface area contributed by atoms with E-state index in [4.69, 9.17) is 30.5 Å². The molecule has 1 saturated carbocycles. The van der Waals surface area contributed by atoms with Gasteiger partial charge in [0.2, 0.25) is 10.0 Å². The highest BCUT2D eigenvalue weighted by Gasteiger charge is 2.44. The Kier molecular flexibility index (Phi) is 12.6. The number of carbonyl (C=O) groups is 2. The van der Waals surface area contributed by atoms with E-state index in [2.05, 4.69) is 22.3 Å². The lowest BCUT2D eigenvalue weighted by molar-refractivity contribution is 0.0651. The van der Waals surface area contributed by atoms with Crippen molar-refractivity contribution in [2.45, 2.75) is 68.0 Å². The summed E-state index contributed by atoms with van der Waals surface area (Å²) in [7, 11) is -0.884. The van der Waals surface area contributed by atoms with Crippen LogP contribution in [-0.4, -0.2) is 94.6 Å². The number of rotatable bonds is 13. The van der Waals surface area contributed by atoms with Gasteiger partial charge in [-0.25, -0.2) is 18.0 Å². The first kappa shape index (κ1) is 42.5. The quantitative estimate of drug-likeness (QED) is 0.137. The predicted octanol–water partition coefficient (Wildman–Crippen LogP) is 7.73.